The molecule has 0 N–H and O–H groups in total. The summed E-state index contributed by atoms with van der Waals surface area (Å²) >= 11 is 0. The molecule has 0 spiro atoms. The lowest BCUT2D eigenvalue weighted by Crippen LogP contribution is -2.50. The SMILES string of the molecule is C=CCC(=O)N1CCN(C(=O)c2ccc(CN(CC)CCC)cc2)CC1. The first kappa shape index (κ1) is 20.2. The van der Waals surface area contributed by atoms with Gasteiger partial charge in [-0.3, -0.25) is 14.5 Å². The minimum absolute atomic E-state index is 0.0493. The van der Waals surface area contributed by atoms with E-state index in [0.717, 1.165) is 31.6 Å². The van der Waals surface area contributed by atoms with Crippen LogP contribution in [0.1, 0.15) is 42.6 Å². The molecule has 1 aliphatic rings. The largest absolute Gasteiger partial charge is 0.339 e. The van der Waals surface area contributed by atoms with Crippen molar-refractivity contribution in [3.63, 3.8) is 0 Å². The summed E-state index contributed by atoms with van der Waals surface area (Å²) in [4.78, 5) is 30.6. The van der Waals surface area contributed by atoms with Crippen LogP contribution in [-0.2, 0) is 11.3 Å². The molecule has 0 bridgehead atoms. The third kappa shape index (κ3) is 5.43. The van der Waals surface area contributed by atoms with Crippen molar-refractivity contribution < 1.29 is 9.59 Å². The maximum Gasteiger partial charge on any atom is 0.253 e. The van der Waals surface area contributed by atoms with Crippen molar-refractivity contribution in [3.8, 4) is 0 Å². The Morgan fingerprint density at radius 2 is 1.69 bits per heavy atom. The summed E-state index contributed by atoms with van der Waals surface area (Å²) in [7, 11) is 0. The third-order valence-electron chi connectivity index (χ3n) is 4.83. The van der Waals surface area contributed by atoms with E-state index in [0.29, 0.717) is 32.6 Å². The van der Waals surface area contributed by atoms with E-state index in [1.807, 2.05) is 21.9 Å². The van der Waals surface area contributed by atoms with Crippen molar-refractivity contribution >= 4 is 11.8 Å². The summed E-state index contributed by atoms with van der Waals surface area (Å²) in [6.07, 6.45) is 3.13. The first-order valence-corrected chi connectivity index (χ1v) is 9.58. The second-order valence-corrected chi connectivity index (χ2v) is 6.73. The molecule has 5 nitrogen and oxygen atoms in total. The monoisotopic (exact) mass is 357 g/mol. The second-order valence-electron chi connectivity index (χ2n) is 6.73. The lowest BCUT2D eigenvalue weighted by molar-refractivity contribution is -0.131. The highest BCUT2D eigenvalue weighted by Crippen LogP contribution is 2.13. The third-order valence-corrected chi connectivity index (χ3v) is 4.83. The van der Waals surface area contributed by atoms with E-state index in [1.165, 1.54) is 5.56 Å². The summed E-state index contributed by atoms with van der Waals surface area (Å²) in [5.74, 6) is 0.136. The van der Waals surface area contributed by atoms with Gasteiger partial charge in [0.15, 0.2) is 0 Å². The molecular formula is C21H31N3O2. The zero-order valence-corrected chi connectivity index (χ0v) is 16.1. The van der Waals surface area contributed by atoms with Crippen molar-refractivity contribution in [2.45, 2.75) is 33.2 Å². The van der Waals surface area contributed by atoms with Crippen LogP contribution in [0.25, 0.3) is 0 Å². The first-order chi connectivity index (χ1) is 12.6. The van der Waals surface area contributed by atoms with E-state index in [2.05, 4.69) is 37.5 Å². The zero-order valence-electron chi connectivity index (χ0n) is 16.1. The molecule has 1 aromatic carbocycles. The Morgan fingerprint density at radius 3 is 2.23 bits per heavy atom. The predicted octanol–water partition coefficient (Wildman–Crippen LogP) is 2.78. The maximum atomic E-state index is 12.7. The molecular weight excluding hydrogens is 326 g/mol. The molecule has 1 aromatic rings. The fourth-order valence-corrected chi connectivity index (χ4v) is 3.27. The maximum absolute atomic E-state index is 12.7. The van der Waals surface area contributed by atoms with Crippen LogP contribution in [0.15, 0.2) is 36.9 Å². The predicted molar refractivity (Wildman–Crippen MR) is 105 cm³/mol. The molecule has 0 atom stereocenters. The molecule has 0 saturated carbocycles. The zero-order chi connectivity index (χ0) is 18.9. The van der Waals surface area contributed by atoms with Crippen molar-refractivity contribution in [3.05, 3.63) is 48.0 Å². The molecule has 1 fully saturated rings. The van der Waals surface area contributed by atoms with Gasteiger partial charge in [0.1, 0.15) is 0 Å². The van der Waals surface area contributed by atoms with Gasteiger partial charge >= 0.3 is 0 Å². The minimum atomic E-state index is 0.0493. The number of amides is 2. The quantitative estimate of drug-likeness (QED) is 0.672. The van der Waals surface area contributed by atoms with Crippen molar-refractivity contribution in [1.29, 1.82) is 0 Å². The summed E-state index contributed by atoms with van der Waals surface area (Å²) in [5, 5.41) is 0. The van der Waals surface area contributed by atoms with Gasteiger partial charge in [0, 0.05) is 44.7 Å². The number of piperazine rings is 1. The molecule has 2 amide bonds. The Labute approximate surface area is 157 Å². The van der Waals surface area contributed by atoms with Crippen LogP contribution in [0.2, 0.25) is 0 Å². The van der Waals surface area contributed by atoms with E-state index < -0.39 is 0 Å². The normalized spacial score (nSPS) is 14.6. The molecule has 0 aromatic heterocycles. The van der Waals surface area contributed by atoms with Gasteiger partial charge in [-0.1, -0.05) is 32.1 Å². The van der Waals surface area contributed by atoms with Crippen LogP contribution in [0.4, 0.5) is 0 Å². The Bertz CT molecular complexity index is 604. The Morgan fingerprint density at radius 1 is 1.08 bits per heavy atom. The number of rotatable bonds is 8. The van der Waals surface area contributed by atoms with E-state index in [9.17, 15) is 9.59 Å². The smallest absolute Gasteiger partial charge is 0.253 e. The van der Waals surface area contributed by atoms with Crippen molar-refractivity contribution in [1.82, 2.24) is 14.7 Å². The van der Waals surface area contributed by atoms with Crippen LogP contribution in [0, 0.1) is 0 Å². The van der Waals surface area contributed by atoms with Gasteiger partial charge in [0.05, 0.1) is 0 Å². The Hall–Kier alpha value is -2.14. The number of carbonyl (C=O) groups excluding carboxylic acids is 2. The van der Waals surface area contributed by atoms with Crippen LogP contribution in [0.5, 0.6) is 0 Å². The lowest BCUT2D eigenvalue weighted by atomic mass is 10.1. The van der Waals surface area contributed by atoms with Gasteiger partial charge in [-0.25, -0.2) is 0 Å². The molecule has 26 heavy (non-hydrogen) atoms. The minimum Gasteiger partial charge on any atom is -0.339 e. The number of hydrogen-bond donors (Lipinski definition) is 0. The summed E-state index contributed by atoms with van der Waals surface area (Å²) in [5.41, 5.74) is 1.95. The molecule has 142 valence electrons. The average Bonchev–Trinajstić information content (AvgIpc) is 2.68. The molecule has 0 aliphatic carbocycles. The lowest BCUT2D eigenvalue weighted by Gasteiger charge is -2.34. The standard InChI is InChI=1S/C21H31N3O2/c1-4-7-20(25)23-13-15-24(16-14-23)21(26)19-10-8-18(9-11-19)17-22(6-3)12-5-2/h4,8-11H,1,5-7,12-17H2,2-3H3. The van der Waals surface area contributed by atoms with Crippen LogP contribution in [-0.4, -0.2) is 65.8 Å². The highest BCUT2D eigenvalue weighted by molar-refractivity contribution is 5.94. The number of carbonyl (C=O) groups is 2. The number of nitrogens with zero attached hydrogens (tertiary/aromatic N) is 3. The fourth-order valence-electron chi connectivity index (χ4n) is 3.27. The van der Waals surface area contributed by atoms with Crippen molar-refractivity contribution in [2.75, 3.05) is 39.3 Å². The van der Waals surface area contributed by atoms with Crippen LogP contribution >= 0.6 is 0 Å². The summed E-state index contributed by atoms with van der Waals surface area (Å²) in [6, 6.07) is 7.95. The van der Waals surface area contributed by atoms with Gasteiger partial charge in [-0.05, 0) is 37.2 Å². The summed E-state index contributed by atoms with van der Waals surface area (Å²) in [6.45, 7) is 13.4. The Balaban J connectivity index is 1.90. The van der Waals surface area contributed by atoms with E-state index >= 15 is 0 Å². The molecule has 0 radical (unpaired) electrons. The van der Waals surface area contributed by atoms with Gasteiger partial charge in [0.25, 0.3) is 5.91 Å². The number of benzene rings is 1. The average molecular weight is 357 g/mol. The highest BCUT2D eigenvalue weighted by Gasteiger charge is 2.24. The second kappa shape index (κ2) is 10.1. The number of hydrogen-bond acceptors (Lipinski definition) is 3. The topological polar surface area (TPSA) is 43.9 Å². The Kier molecular flexibility index (Phi) is 7.85. The molecule has 2 rings (SSSR count). The van der Waals surface area contributed by atoms with Crippen LogP contribution in [0.3, 0.4) is 0 Å². The molecule has 1 aliphatic heterocycles. The van der Waals surface area contributed by atoms with Crippen molar-refractivity contribution in [2.24, 2.45) is 0 Å². The molecule has 1 heterocycles. The molecule has 0 unspecified atom stereocenters. The fraction of sp³-hybridized carbons (Fsp3) is 0.524. The van der Waals surface area contributed by atoms with Gasteiger partial charge in [-0.15, -0.1) is 6.58 Å². The first-order valence-electron chi connectivity index (χ1n) is 9.58. The van der Waals surface area contributed by atoms with Crippen LogP contribution < -0.4 is 0 Å². The van der Waals surface area contributed by atoms with Gasteiger partial charge < -0.3 is 9.80 Å². The highest BCUT2D eigenvalue weighted by atomic mass is 16.2. The molecule has 5 heteroatoms. The van der Waals surface area contributed by atoms with E-state index in [1.54, 1.807) is 6.08 Å². The van der Waals surface area contributed by atoms with Gasteiger partial charge in [-0.2, -0.15) is 0 Å². The van der Waals surface area contributed by atoms with E-state index in [-0.39, 0.29) is 11.8 Å². The van der Waals surface area contributed by atoms with Gasteiger partial charge in [0.2, 0.25) is 5.91 Å². The molecule has 1 saturated heterocycles. The summed E-state index contributed by atoms with van der Waals surface area (Å²) < 4.78 is 0. The van der Waals surface area contributed by atoms with E-state index in [4.69, 9.17) is 0 Å².